The number of carbonyl (C=O) groups is 2. The first-order valence-corrected chi connectivity index (χ1v) is 10.1. The van der Waals surface area contributed by atoms with Crippen LogP contribution in [0.3, 0.4) is 0 Å². The van der Waals surface area contributed by atoms with Crippen LogP contribution >= 0.6 is 23.5 Å². The van der Waals surface area contributed by atoms with Crippen molar-refractivity contribution >= 4 is 35.4 Å². The lowest BCUT2D eigenvalue weighted by Crippen LogP contribution is -2.45. The largest absolute Gasteiger partial charge is 0.468 e. The molecule has 3 rings (SSSR count). The molecule has 1 aliphatic heterocycles. The maximum atomic E-state index is 12.4. The first-order valence-electron chi connectivity index (χ1n) is 8.07. The average Bonchev–Trinajstić information content (AvgIpc) is 3.15. The maximum absolute atomic E-state index is 12.4. The van der Waals surface area contributed by atoms with Gasteiger partial charge in [0.1, 0.15) is 5.25 Å². The minimum Gasteiger partial charge on any atom is -0.468 e. The fraction of sp³-hybridized carbons (Fsp3) is 0.412. The third-order valence-corrected chi connectivity index (χ3v) is 5.87. The first-order chi connectivity index (χ1) is 12.6. The van der Waals surface area contributed by atoms with Crippen molar-refractivity contribution in [3.05, 3.63) is 29.8 Å². The molecule has 0 radical (unpaired) electrons. The highest BCUT2D eigenvalue weighted by Gasteiger charge is 2.29. The molecule has 0 aliphatic carbocycles. The van der Waals surface area contributed by atoms with Crippen molar-refractivity contribution in [2.24, 2.45) is 0 Å². The lowest BCUT2D eigenvalue weighted by atomic mass is 10.1. The van der Waals surface area contributed by atoms with Crippen molar-refractivity contribution in [1.29, 1.82) is 0 Å². The second kappa shape index (κ2) is 8.59. The van der Waals surface area contributed by atoms with Crippen molar-refractivity contribution in [1.82, 2.24) is 15.1 Å². The molecule has 1 fully saturated rings. The number of carbonyl (C=O) groups excluding carboxylic acids is 2. The summed E-state index contributed by atoms with van der Waals surface area (Å²) in [7, 11) is 1.36. The van der Waals surface area contributed by atoms with E-state index in [2.05, 4.69) is 10.2 Å². The van der Waals surface area contributed by atoms with E-state index < -0.39 is 0 Å². The summed E-state index contributed by atoms with van der Waals surface area (Å²) in [6, 6.07) is 7.78. The monoisotopic (exact) mass is 393 g/mol. The Morgan fingerprint density at radius 1 is 1.35 bits per heavy atom. The van der Waals surface area contributed by atoms with Crippen LogP contribution in [0.2, 0.25) is 0 Å². The number of thioether (sulfide) groups is 2. The highest BCUT2D eigenvalue weighted by Crippen LogP contribution is 2.25. The van der Waals surface area contributed by atoms with Crippen LogP contribution < -0.4 is 0 Å². The normalized spacial score (nSPS) is 17.2. The van der Waals surface area contributed by atoms with Gasteiger partial charge in [-0.05, 0) is 19.1 Å². The zero-order chi connectivity index (χ0) is 18.5. The summed E-state index contributed by atoms with van der Waals surface area (Å²) >= 11 is 2.72. The molecule has 9 heteroatoms. The number of amides is 1. The predicted octanol–water partition coefficient (Wildman–Crippen LogP) is 2.25. The Labute approximate surface area is 159 Å². The van der Waals surface area contributed by atoms with Crippen LogP contribution in [-0.2, 0) is 14.3 Å². The van der Waals surface area contributed by atoms with Gasteiger partial charge < -0.3 is 14.1 Å². The molecule has 1 aromatic heterocycles. The topological polar surface area (TPSA) is 85.5 Å². The van der Waals surface area contributed by atoms with Gasteiger partial charge in [0.25, 0.3) is 5.22 Å². The lowest BCUT2D eigenvalue weighted by Gasteiger charge is -2.30. The number of aryl methyl sites for hydroxylation is 1. The van der Waals surface area contributed by atoms with E-state index in [1.54, 1.807) is 4.90 Å². The number of ether oxygens (including phenoxy) is 1. The summed E-state index contributed by atoms with van der Waals surface area (Å²) in [5.74, 6) is 0.988. The van der Waals surface area contributed by atoms with E-state index in [4.69, 9.17) is 9.15 Å². The minimum atomic E-state index is -0.320. The minimum absolute atomic E-state index is 0.0562. The number of methoxy groups -OCH3 is 1. The molecule has 0 bridgehead atoms. The molecular formula is C17H19N3O4S2. The number of hydrogen-bond donors (Lipinski definition) is 0. The summed E-state index contributed by atoms with van der Waals surface area (Å²) in [6.07, 6.45) is 0. The van der Waals surface area contributed by atoms with Crippen molar-refractivity contribution in [2.75, 3.05) is 31.7 Å². The molecule has 1 aliphatic rings. The van der Waals surface area contributed by atoms with E-state index in [-0.39, 0.29) is 22.9 Å². The fourth-order valence-electron chi connectivity index (χ4n) is 2.45. The molecule has 26 heavy (non-hydrogen) atoms. The van der Waals surface area contributed by atoms with Crippen molar-refractivity contribution in [2.45, 2.75) is 17.4 Å². The Morgan fingerprint density at radius 3 is 2.85 bits per heavy atom. The van der Waals surface area contributed by atoms with Crippen LogP contribution in [0.15, 0.2) is 33.9 Å². The number of nitrogens with zero attached hydrogens (tertiary/aromatic N) is 3. The van der Waals surface area contributed by atoms with E-state index >= 15 is 0 Å². The van der Waals surface area contributed by atoms with Gasteiger partial charge in [0.2, 0.25) is 11.8 Å². The summed E-state index contributed by atoms with van der Waals surface area (Å²) in [4.78, 5) is 25.7. The van der Waals surface area contributed by atoms with Gasteiger partial charge in [-0.2, -0.15) is 0 Å². The third-order valence-electron chi connectivity index (χ3n) is 3.91. The Kier molecular flexibility index (Phi) is 6.20. The standard InChI is InChI=1S/C17H19N3O4S2/c1-11-3-5-12(6-4-11)15-18-19-17(24-15)26-10-14(21)20-7-8-25-13(9-20)16(22)23-2/h3-6,13H,7-10H2,1-2H3/t13-/m1/s1. The predicted molar refractivity (Wildman–Crippen MR) is 100 cm³/mol. The van der Waals surface area contributed by atoms with E-state index in [1.165, 1.54) is 30.6 Å². The second-order valence-corrected chi connectivity index (χ2v) is 7.99. The molecule has 7 nitrogen and oxygen atoms in total. The number of rotatable bonds is 5. The zero-order valence-electron chi connectivity index (χ0n) is 14.5. The number of hydrogen-bond acceptors (Lipinski definition) is 8. The van der Waals surface area contributed by atoms with E-state index in [0.29, 0.717) is 30.0 Å². The highest BCUT2D eigenvalue weighted by atomic mass is 32.2. The third kappa shape index (κ3) is 4.59. The summed E-state index contributed by atoms with van der Waals surface area (Å²) < 4.78 is 10.4. The second-order valence-electron chi connectivity index (χ2n) is 5.75. The summed E-state index contributed by atoms with van der Waals surface area (Å²) in [6.45, 7) is 3.00. The molecule has 138 valence electrons. The number of aromatic nitrogens is 2. The van der Waals surface area contributed by atoms with Gasteiger partial charge in [0, 0.05) is 24.4 Å². The number of benzene rings is 1. The highest BCUT2D eigenvalue weighted by molar-refractivity contribution is 8.00. The van der Waals surface area contributed by atoms with E-state index in [1.807, 2.05) is 31.2 Å². The van der Waals surface area contributed by atoms with Crippen LogP contribution in [0, 0.1) is 6.92 Å². The van der Waals surface area contributed by atoms with Gasteiger partial charge in [0.05, 0.1) is 12.9 Å². The van der Waals surface area contributed by atoms with E-state index in [0.717, 1.165) is 11.1 Å². The van der Waals surface area contributed by atoms with Gasteiger partial charge in [0.15, 0.2) is 0 Å². The molecule has 0 N–H and O–H groups in total. The van der Waals surface area contributed by atoms with Gasteiger partial charge in [-0.25, -0.2) is 0 Å². The van der Waals surface area contributed by atoms with Gasteiger partial charge >= 0.3 is 5.97 Å². The smallest absolute Gasteiger partial charge is 0.320 e. The quantitative estimate of drug-likeness (QED) is 0.565. The maximum Gasteiger partial charge on any atom is 0.320 e. The van der Waals surface area contributed by atoms with Crippen LogP contribution in [0.4, 0.5) is 0 Å². The Balaban J connectivity index is 1.55. The average molecular weight is 393 g/mol. The zero-order valence-corrected chi connectivity index (χ0v) is 16.1. The molecule has 2 heterocycles. The van der Waals surface area contributed by atoms with Crippen LogP contribution in [0.1, 0.15) is 5.56 Å². The Hall–Kier alpha value is -2.00. The van der Waals surface area contributed by atoms with Gasteiger partial charge in [-0.15, -0.1) is 22.0 Å². The molecule has 1 aromatic carbocycles. The summed E-state index contributed by atoms with van der Waals surface area (Å²) in [5, 5.41) is 8.04. The molecule has 1 atom stereocenters. The van der Waals surface area contributed by atoms with Crippen LogP contribution in [0.25, 0.3) is 11.5 Å². The van der Waals surface area contributed by atoms with E-state index in [9.17, 15) is 9.59 Å². The molecular weight excluding hydrogens is 374 g/mol. The van der Waals surface area contributed by atoms with Gasteiger partial charge in [-0.3, -0.25) is 9.59 Å². The van der Waals surface area contributed by atoms with Crippen molar-refractivity contribution < 1.29 is 18.7 Å². The lowest BCUT2D eigenvalue weighted by molar-refractivity contribution is -0.141. The Morgan fingerprint density at radius 2 is 2.12 bits per heavy atom. The summed E-state index contributed by atoms with van der Waals surface area (Å²) in [5.41, 5.74) is 1.99. The number of esters is 1. The Bertz CT molecular complexity index is 779. The van der Waals surface area contributed by atoms with Crippen molar-refractivity contribution in [3.8, 4) is 11.5 Å². The SMILES string of the molecule is COC(=O)[C@H]1CN(C(=O)CSc2nnc(-c3ccc(C)cc3)o2)CCS1. The molecule has 1 saturated heterocycles. The molecule has 0 spiro atoms. The molecule has 2 aromatic rings. The fourth-order valence-corrected chi connectivity index (χ4v) is 4.24. The first kappa shape index (κ1) is 18.8. The van der Waals surface area contributed by atoms with Gasteiger partial charge in [-0.1, -0.05) is 29.5 Å². The van der Waals surface area contributed by atoms with Crippen molar-refractivity contribution in [3.63, 3.8) is 0 Å². The van der Waals surface area contributed by atoms with Crippen LogP contribution in [-0.4, -0.2) is 63.9 Å². The molecule has 0 saturated carbocycles. The molecule has 0 unspecified atom stereocenters. The van der Waals surface area contributed by atoms with Crippen LogP contribution in [0.5, 0.6) is 0 Å². The molecule has 1 amide bonds.